The van der Waals surface area contributed by atoms with Crippen molar-refractivity contribution >= 4 is 34.8 Å². The van der Waals surface area contributed by atoms with E-state index in [1.165, 1.54) is 18.2 Å². The molecule has 0 spiro atoms. The lowest BCUT2D eigenvalue weighted by Gasteiger charge is -2.08. The number of hydrogen-bond donors (Lipinski definition) is 4. The smallest absolute Gasteiger partial charge is 0.335 e. The average Bonchev–Trinajstić information content (AvgIpc) is 2.63. The van der Waals surface area contributed by atoms with Crippen LogP contribution in [0.2, 0.25) is 0 Å². The number of carboxylic acids is 1. The van der Waals surface area contributed by atoms with Crippen LogP contribution in [0.4, 0.5) is 11.4 Å². The first-order valence-electron chi connectivity index (χ1n) is 7.70. The number of benzene rings is 2. The minimum atomic E-state index is -1.14. The molecule has 2 aromatic carbocycles. The molecule has 0 heterocycles. The Morgan fingerprint density at radius 3 is 2.38 bits per heavy atom. The Hall–Kier alpha value is -3.61. The fourth-order valence-electron chi connectivity index (χ4n) is 2.18. The molecule has 7 heteroatoms. The van der Waals surface area contributed by atoms with E-state index in [1.54, 1.807) is 38.2 Å². The van der Waals surface area contributed by atoms with E-state index in [4.69, 9.17) is 5.11 Å². The maximum absolute atomic E-state index is 12.1. The molecule has 0 unspecified atom stereocenters. The van der Waals surface area contributed by atoms with E-state index in [2.05, 4.69) is 10.6 Å². The zero-order chi connectivity index (χ0) is 19.3. The number of carboxylic acid groups (broad SMARTS) is 1. The van der Waals surface area contributed by atoms with E-state index in [9.17, 15) is 19.5 Å². The molecule has 1 amide bonds. The van der Waals surface area contributed by atoms with Crippen molar-refractivity contribution in [3.8, 4) is 0 Å². The molecule has 134 valence electrons. The highest BCUT2D eigenvalue weighted by atomic mass is 16.4. The Morgan fingerprint density at radius 1 is 1.00 bits per heavy atom. The fourth-order valence-corrected chi connectivity index (χ4v) is 2.18. The molecule has 0 atom stereocenters. The van der Waals surface area contributed by atoms with E-state index in [0.29, 0.717) is 11.1 Å². The van der Waals surface area contributed by atoms with Gasteiger partial charge in [0.25, 0.3) is 5.91 Å². The minimum absolute atomic E-state index is 0.0133. The van der Waals surface area contributed by atoms with Crippen LogP contribution >= 0.6 is 0 Å². The largest absolute Gasteiger partial charge is 0.507 e. The number of ketones is 1. The van der Waals surface area contributed by atoms with Gasteiger partial charge in [0, 0.05) is 30.1 Å². The number of aryl methyl sites for hydroxylation is 1. The highest BCUT2D eigenvalue weighted by molar-refractivity contribution is 6.45. The molecule has 7 nitrogen and oxygen atoms in total. The summed E-state index contributed by atoms with van der Waals surface area (Å²) in [5, 5.41) is 24.3. The number of aromatic carboxylic acids is 1. The van der Waals surface area contributed by atoms with Gasteiger partial charge in [0.1, 0.15) is 5.76 Å². The number of hydrogen-bond acceptors (Lipinski definition) is 5. The Balaban J connectivity index is 2.18. The fraction of sp³-hybridized carbons (Fsp3) is 0.105. The standard InChI is InChI=1S/C19H18N2O5/c1-11-6-7-13(19(25)26)9-15(11)21-18(24)17(23)10-16(22)12-4-3-5-14(8-12)20-2/h3-10,20,22H,1-2H3,(H,21,24)(H,25,26). The van der Waals surface area contributed by atoms with Gasteiger partial charge in [-0.15, -0.1) is 0 Å². The maximum Gasteiger partial charge on any atom is 0.335 e. The summed E-state index contributed by atoms with van der Waals surface area (Å²) in [6.45, 7) is 1.67. The lowest BCUT2D eigenvalue weighted by Crippen LogP contribution is -2.22. The Kier molecular flexibility index (Phi) is 5.74. The summed E-state index contributed by atoms with van der Waals surface area (Å²) < 4.78 is 0. The molecule has 0 aliphatic rings. The summed E-state index contributed by atoms with van der Waals surface area (Å²) >= 11 is 0. The van der Waals surface area contributed by atoms with Crippen LogP contribution < -0.4 is 10.6 Å². The highest BCUT2D eigenvalue weighted by Crippen LogP contribution is 2.18. The van der Waals surface area contributed by atoms with Crippen molar-refractivity contribution in [3.05, 3.63) is 65.2 Å². The molecule has 0 saturated heterocycles. The van der Waals surface area contributed by atoms with Gasteiger partial charge >= 0.3 is 5.97 Å². The first-order chi connectivity index (χ1) is 12.3. The van der Waals surface area contributed by atoms with Gasteiger partial charge in [-0.1, -0.05) is 18.2 Å². The number of carbonyl (C=O) groups is 3. The van der Waals surface area contributed by atoms with E-state index < -0.39 is 17.7 Å². The molecule has 26 heavy (non-hydrogen) atoms. The predicted molar refractivity (Wildman–Crippen MR) is 98.4 cm³/mol. The van der Waals surface area contributed by atoms with Crippen LogP contribution in [0, 0.1) is 6.92 Å². The normalized spacial score (nSPS) is 10.9. The molecule has 0 fully saturated rings. The quantitative estimate of drug-likeness (QED) is 0.360. The molecule has 2 aromatic rings. The third-order valence-corrected chi connectivity index (χ3v) is 3.67. The number of amides is 1. The number of aliphatic hydroxyl groups is 1. The molecule has 2 rings (SSSR count). The molecular formula is C19H18N2O5. The predicted octanol–water partition coefficient (Wildman–Crippen LogP) is 2.84. The molecule has 0 aliphatic heterocycles. The Morgan fingerprint density at radius 2 is 1.73 bits per heavy atom. The lowest BCUT2D eigenvalue weighted by atomic mass is 10.1. The van der Waals surface area contributed by atoms with Crippen molar-refractivity contribution in [2.45, 2.75) is 6.92 Å². The monoisotopic (exact) mass is 354 g/mol. The minimum Gasteiger partial charge on any atom is -0.507 e. The van der Waals surface area contributed by atoms with Crippen molar-refractivity contribution < 1.29 is 24.6 Å². The van der Waals surface area contributed by atoms with Gasteiger partial charge < -0.3 is 20.8 Å². The maximum atomic E-state index is 12.1. The van der Waals surface area contributed by atoms with Gasteiger partial charge in [0.2, 0.25) is 5.78 Å². The highest BCUT2D eigenvalue weighted by Gasteiger charge is 2.15. The van der Waals surface area contributed by atoms with Crippen molar-refractivity contribution in [1.29, 1.82) is 0 Å². The van der Waals surface area contributed by atoms with E-state index in [-0.39, 0.29) is 17.0 Å². The first kappa shape index (κ1) is 18.7. The molecule has 0 aliphatic carbocycles. The summed E-state index contributed by atoms with van der Waals surface area (Å²) in [4.78, 5) is 35.1. The third-order valence-electron chi connectivity index (χ3n) is 3.67. The summed E-state index contributed by atoms with van der Waals surface area (Å²) in [6.07, 6.45) is 0.820. The second-order valence-corrected chi connectivity index (χ2v) is 5.51. The summed E-state index contributed by atoms with van der Waals surface area (Å²) in [5.74, 6) is -3.43. The molecule has 4 N–H and O–H groups in total. The number of aliphatic hydroxyl groups excluding tert-OH is 1. The molecule has 0 bridgehead atoms. The summed E-state index contributed by atoms with van der Waals surface area (Å²) in [7, 11) is 1.71. The molecule has 0 saturated carbocycles. The number of rotatable bonds is 6. The van der Waals surface area contributed by atoms with Crippen molar-refractivity contribution in [3.63, 3.8) is 0 Å². The van der Waals surface area contributed by atoms with Crippen molar-refractivity contribution in [2.24, 2.45) is 0 Å². The number of nitrogens with one attached hydrogen (secondary N) is 2. The SMILES string of the molecule is CNc1cccc(C(O)=CC(=O)C(=O)Nc2cc(C(=O)O)ccc2C)c1. The Bertz CT molecular complexity index is 903. The number of anilines is 2. The van der Waals surface area contributed by atoms with E-state index in [1.807, 2.05) is 0 Å². The lowest BCUT2D eigenvalue weighted by molar-refractivity contribution is -0.131. The van der Waals surface area contributed by atoms with Crippen LogP contribution in [0.25, 0.3) is 5.76 Å². The molecule has 0 radical (unpaired) electrons. The topological polar surface area (TPSA) is 116 Å². The third kappa shape index (κ3) is 4.47. The van der Waals surface area contributed by atoms with E-state index >= 15 is 0 Å². The van der Waals surface area contributed by atoms with Gasteiger partial charge in [-0.3, -0.25) is 9.59 Å². The van der Waals surface area contributed by atoms with Crippen LogP contribution in [0.1, 0.15) is 21.5 Å². The Labute approximate surface area is 150 Å². The van der Waals surface area contributed by atoms with Gasteiger partial charge in [-0.05, 0) is 36.8 Å². The van der Waals surface area contributed by atoms with Crippen LogP contribution in [0.3, 0.4) is 0 Å². The summed E-state index contributed by atoms with van der Waals surface area (Å²) in [5.41, 5.74) is 1.92. The van der Waals surface area contributed by atoms with Crippen LogP contribution in [-0.4, -0.2) is 34.9 Å². The van der Waals surface area contributed by atoms with Gasteiger partial charge in [-0.25, -0.2) is 4.79 Å². The average molecular weight is 354 g/mol. The van der Waals surface area contributed by atoms with Crippen LogP contribution in [0.15, 0.2) is 48.5 Å². The second kappa shape index (κ2) is 7.98. The van der Waals surface area contributed by atoms with Crippen LogP contribution in [0.5, 0.6) is 0 Å². The first-order valence-corrected chi connectivity index (χ1v) is 7.70. The summed E-state index contributed by atoms with van der Waals surface area (Å²) in [6, 6.07) is 10.9. The second-order valence-electron chi connectivity index (χ2n) is 5.51. The molecule has 0 aromatic heterocycles. The van der Waals surface area contributed by atoms with Gasteiger partial charge in [-0.2, -0.15) is 0 Å². The van der Waals surface area contributed by atoms with E-state index in [0.717, 1.165) is 11.8 Å². The zero-order valence-electron chi connectivity index (χ0n) is 14.2. The molecular weight excluding hydrogens is 336 g/mol. The van der Waals surface area contributed by atoms with Crippen molar-refractivity contribution in [2.75, 3.05) is 17.7 Å². The van der Waals surface area contributed by atoms with Crippen molar-refractivity contribution in [1.82, 2.24) is 0 Å². The number of carbonyl (C=O) groups excluding carboxylic acids is 2. The van der Waals surface area contributed by atoms with Gasteiger partial charge in [0.05, 0.1) is 5.56 Å². The zero-order valence-corrected chi connectivity index (χ0v) is 14.2. The van der Waals surface area contributed by atoms with Crippen LogP contribution in [-0.2, 0) is 9.59 Å². The van der Waals surface area contributed by atoms with Gasteiger partial charge in [0.15, 0.2) is 0 Å².